The van der Waals surface area contributed by atoms with Crippen molar-refractivity contribution in [1.82, 2.24) is 30.2 Å². The molecule has 0 spiro atoms. The molecule has 10 N–H and O–H groups in total. The number of ether oxygens (including phenoxy) is 1. The Morgan fingerprint density at radius 1 is 0.845 bits per heavy atom. The number of phosphoric acid groups is 3. The Morgan fingerprint density at radius 3 is 2.01 bits per heavy atom. The first-order valence-electron chi connectivity index (χ1n) is 22.5. The van der Waals surface area contributed by atoms with Gasteiger partial charge in [-0.3, -0.25) is 32.5 Å². The van der Waals surface area contributed by atoms with E-state index in [-0.39, 0.29) is 41.6 Å². The summed E-state index contributed by atoms with van der Waals surface area (Å²) < 4.78 is 62.4. The van der Waals surface area contributed by atoms with Crippen LogP contribution in [0.1, 0.15) is 84.8 Å². The molecule has 3 unspecified atom stereocenters. The molecule has 1 saturated heterocycles. The van der Waals surface area contributed by atoms with Crippen LogP contribution in [0.5, 0.6) is 0 Å². The number of hydrogen-bond acceptors (Lipinski definition) is 18. The summed E-state index contributed by atoms with van der Waals surface area (Å²) in [5, 5.41) is 26.6. The maximum atomic E-state index is 12.7. The van der Waals surface area contributed by atoms with E-state index in [9.17, 15) is 57.9 Å². The Bertz CT molecular complexity index is 2360. The summed E-state index contributed by atoms with van der Waals surface area (Å²) in [5.41, 5.74) is 4.27. The number of fused-ring (bicyclic) bond motifs is 1. The zero-order valence-corrected chi connectivity index (χ0v) is 43.2. The van der Waals surface area contributed by atoms with Crippen molar-refractivity contribution in [3.8, 4) is 0 Å². The second kappa shape index (κ2) is 30.9. The van der Waals surface area contributed by atoms with Gasteiger partial charge in [0, 0.05) is 37.1 Å². The molecule has 0 aliphatic carbocycles. The van der Waals surface area contributed by atoms with Crippen molar-refractivity contribution >= 4 is 69.1 Å². The van der Waals surface area contributed by atoms with Gasteiger partial charge in [-0.05, 0) is 44.9 Å². The Labute approximate surface area is 416 Å². The third-order valence-corrected chi connectivity index (χ3v) is 13.9. The van der Waals surface area contributed by atoms with Gasteiger partial charge in [0.15, 0.2) is 22.8 Å². The second-order valence-electron chi connectivity index (χ2n) is 16.2. The van der Waals surface area contributed by atoms with Crippen molar-refractivity contribution in [2.75, 3.05) is 37.8 Å². The maximum Gasteiger partial charge on any atom is 0.481 e. The van der Waals surface area contributed by atoms with Gasteiger partial charge in [-0.25, -0.2) is 28.6 Å². The van der Waals surface area contributed by atoms with E-state index in [4.69, 9.17) is 19.5 Å². The Morgan fingerprint density at radius 2 is 1.42 bits per heavy atom. The Hall–Kier alpha value is -4.00. The van der Waals surface area contributed by atoms with E-state index in [0.29, 0.717) is 18.6 Å². The first-order chi connectivity index (χ1) is 33.6. The lowest BCUT2D eigenvalue weighted by Crippen LogP contribution is -2.46. The zero-order valence-electron chi connectivity index (χ0n) is 39.7. The van der Waals surface area contributed by atoms with Gasteiger partial charge in [-0.2, -0.15) is 4.31 Å². The fraction of sp³-hybridized carbons (Fsp3) is 0.535. The number of anilines is 1. The average molecular weight is 1080 g/mol. The largest absolute Gasteiger partial charge is 0.481 e. The minimum absolute atomic E-state index is 0.0179. The lowest BCUT2D eigenvalue weighted by molar-refractivity contribution is -0.137. The number of rotatable bonds is 33. The molecular formula is C43H66N7O17P3S. The quantitative estimate of drug-likeness (QED) is 0.0254. The van der Waals surface area contributed by atoms with Crippen LogP contribution in [0, 0.1) is 5.41 Å². The first kappa shape index (κ1) is 61.3. The fourth-order valence-corrected chi connectivity index (χ4v) is 9.73. The number of imidazole rings is 1. The summed E-state index contributed by atoms with van der Waals surface area (Å²) in [6, 6.07) is 0. The standard InChI is InChI=1S/C43H66N7O17P3S/c1-4-5-6-7-8-9-10-11-12-13-14-15-16-17-18-19-20-21-22-23-34(52)71-27-26-45-33(51)24-25-46-41(55)38(54)43(2,3)29-64-70(61,62)67-69(59,60)63-28-32-37(66-68(56,57)58)36(53)42(65-32)50-31-49-35-39(44)47-30-48-40(35)50/h5-6,8-9,11-12,14-15,17-18,20-21,30-32,36-38,42,53-54H,4,7,10,13,16,19,22-29H2,1-3H3,(H,45,51)(H,46,55)(H,59,60)(H,61,62)(H2,44,47,48)(H2,56,57,58)/b6-5-,9-8-,12-11-,15-14-,18-17-,21-20-/t32-,36?,37+,38+,42-/m1/s1. The van der Waals surface area contributed by atoms with E-state index in [1.165, 1.54) is 13.8 Å². The highest BCUT2D eigenvalue weighted by atomic mass is 32.2. The number of amides is 2. The van der Waals surface area contributed by atoms with Crippen molar-refractivity contribution in [2.45, 2.75) is 109 Å². The summed E-state index contributed by atoms with van der Waals surface area (Å²) in [4.78, 5) is 88.4. The number of aliphatic hydroxyl groups is 2. The molecule has 2 amide bonds. The highest BCUT2D eigenvalue weighted by Crippen LogP contribution is 2.61. The van der Waals surface area contributed by atoms with Gasteiger partial charge in [0.05, 0.1) is 19.5 Å². The van der Waals surface area contributed by atoms with Gasteiger partial charge in [0.2, 0.25) is 11.8 Å². The van der Waals surface area contributed by atoms with E-state index in [1.807, 2.05) is 12.2 Å². The number of phosphoric ester groups is 3. The molecule has 0 saturated carbocycles. The third-order valence-electron chi connectivity index (χ3n) is 9.88. The van der Waals surface area contributed by atoms with Crippen LogP contribution >= 0.6 is 35.2 Å². The molecule has 2 aromatic heterocycles. The van der Waals surface area contributed by atoms with Crippen LogP contribution in [-0.4, -0.2) is 123 Å². The van der Waals surface area contributed by atoms with Crippen LogP contribution < -0.4 is 16.4 Å². The number of nitrogens with zero attached hydrogens (tertiary/aromatic N) is 4. The van der Waals surface area contributed by atoms with E-state index in [1.54, 1.807) is 0 Å². The van der Waals surface area contributed by atoms with Gasteiger partial charge < -0.3 is 50.9 Å². The molecule has 1 aliphatic heterocycles. The van der Waals surface area contributed by atoms with Crippen molar-refractivity contribution in [2.24, 2.45) is 5.41 Å². The number of carbonyl (C=O) groups excluding carboxylic acids is 3. The smallest absolute Gasteiger partial charge is 0.386 e. The van der Waals surface area contributed by atoms with Gasteiger partial charge in [0.1, 0.15) is 36.3 Å². The number of hydrogen-bond donors (Lipinski definition) is 9. The normalized spacial score (nSPS) is 20.3. The Kier molecular flexibility index (Phi) is 26.7. The molecule has 24 nitrogen and oxygen atoms in total. The summed E-state index contributed by atoms with van der Waals surface area (Å²) in [7, 11) is -16.4. The molecule has 1 fully saturated rings. The predicted octanol–water partition coefficient (Wildman–Crippen LogP) is 5.14. The van der Waals surface area contributed by atoms with E-state index < -0.39 is 84.6 Å². The number of allylic oxidation sites excluding steroid dienone is 12. The third kappa shape index (κ3) is 23.6. The van der Waals surface area contributed by atoms with Crippen LogP contribution in [-0.2, 0) is 50.7 Å². The van der Waals surface area contributed by atoms with Crippen LogP contribution in [0.4, 0.5) is 5.82 Å². The first-order valence-corrected chi connectivity index (χ1v) is 28.0. The zero-order chi connectivity index (χ0) is 52.5. The maximum absolute atomic E-state index is 12.7. The average Bonchev–Trinajstić information content (AvgIpc) is 3.86. The van der Waals surface area contributed by atoms with Gasteiger partial charge in [0.25, 0.3) is 0 Å². The fourth-order valence-electron chi connectivity index (χ4n) is 6.21. The molecule has 0 radical (unpaired) electrons. The molecule has 396 valence electrons. The van der Waals surface area contributed by atoms with E-state index >= 15 is 0 Å². The summed E-state index contributed by atoms with van der Waals surface area (Å²) in [6.07, 6.45) is 24.9. The number of aromatic nitrogens is 4. The van der Waals surface area contributed by atoms with Gasteiger partial charge >= 0.3 is 23.5 Å². The SMILES string of the molecule is CC/C=C\C/C=C\C/C=C\C/C=C\C/C=C\C/C=C\CCC(=O)SCCNC(=O)CCNC(=O)[C@H](O)C(C)(C)COP(=O)(O)OP(=O)(O)OC[C@H]1O[C@@H](n2cnc3c(N)ncnc32)C(O)[C@H]1OP(=O)(O)O. The second-order valence-corrected chi connectivity index (χ2v) is 21.6. The van der Waals surface area contributed by atoms with Crippen LogP contribution in [0.3, 0.4) is 0 Å². The molecule has 0 bridgehead atoms. The lowest BCUT2D eigenvalue weighted by atomic mass is 9.87. The van der Waals surface area contributed by atoms with Crippen LogP contribution in [0.15, 0.2) is 85.6 Å². The molecule has 3 rings (SSSR count). The lowest BCUT2D eigenvalue weighted by Gasteiger charge is -2.30. The van der Waals surface area contributed by atoms with E-state index in [2.05, 4.69) is 102 Å². The van der Waals surface area contributed by atoms with Gasteiger partial charge in [-0.1, -0.05) is 105 Å². The van der Waals surface area contributed by atoms with E-state index in [0.717, 1.165) is 67.5 Å². The van der Waals surface area contributed by atoms with Gasteiger partial charge in [-0.15, -0.1) is 0 Å². The number of nitrogens with one attached hydrogen (secondary N) is 2. The summed E-state index contributed by atoms with van der Waals surface area (Å²) in [6.45, 7) is 2.61. The summed E-state index contributed by atoms with van der Waals surface area (Å²) >= 11 is 1.09. The number of carbonyl (C=O) groups is 3. The number of aliphatic hydroxyl groups excluding tert-OH is 2. The number of thioether (sulfide) groups is 1. The monoisotopic (exact) mass is 1080 g/mol. The minimum Gasteiger partial charge on any atom is -0.386 e. The van der Waals surface area contributed by atoms with Crippen molar-refractivity contribution in [3.63, 3.8) is 0 Å². The summed E-state index contributed by atoms with van der Waals surface area (Å²) in [5.74, 6) is -1.11. The molecule has 0 aromatic carbocycles. The number of nitrogens with two attached hydrogens (primary N) is 1. The molecule has 2 aromatic rings. The minimum atomic E-state index is -5.58. The number of nitrogen functional groups attached to an aromatic ring is 1. The van der Waals surface area contributed by atoms with Crippen molar-refractivity contribution in [1.29, 1.82) is 0 Å². The topological polar surface area (TPSA) is 364 Å². The molecule has 3 heterocycles. The van der Waals surface area contributed by atoms with Crippen LogP contribution in [0.2, 0.25) is 0 Å². The molecule has 71 heavy (non-hydrogen) atoms. The van der Waals surface area contributed by atoms with Crippen LogP contribution in [0.25, 0.3) is 11.2 Å². The Balaban J connectivity index is 1.29. The highest BCUT2D eigenvalue weighted by molar-refractivity contribution is 8.13. The predicted molar refractivity (Wildman–Crippen MR) is 265 cm³/mol. The van der Waals surface area contributed by atoms with Crippen molar-refractivity contribution in [3.05, 3.63) is 85.6 Å². The molecule has 1 aliphatic rings. The van der Waals surface area contributed by atoms with Crippen molar-refractivity contribution < 1.29 is 80.5 Å². The molecular weight excluding hydrogens is 1010 g/mol. The molecule has 28 heteroatoms. The molecule has 7 atom stereocenters. The highest BCUT2D eigenvalue weighted by Gasteiger charge is 2.50.